The molecule has 0 aliphatic carbocycles. The summed E-state index contributed by atoms with van der Waals surface area (Å²) in [5.74, 6) is 0.702. The number of piperazine rings is 1. The summed E-state index contributed by atoms with van der Waals surface area (Å²) in [4.78, 5) is 22.1. The Hall–Kier alpha value is -3.30. The molecule has 1 aliphatic rings. The van der Waals surface area contributed by atoms with Crippen LogP contribution in [0.25, 0.3) is 15.9 Å². The number of aromatic nitrogens is 4. The van der Waals surface area contributed by atoms with E-state index in [1.165, 1.54) is 4.70 Å². The van der Waals surface area contributed by atoms with Crippen molar-refractivity contribution in [1.29, 1.82) is 0 Å². The lowest BCUT2D eigenvalue weighted by atomic mass is 10.2. The van der Waals surface area contributed by atoms with Crippen LogP contribution in [0.15, 0.2) is 48.5 Å². The average Bonchev–Trinajstić information content (AvgIpc) is 3.42. The lowest BCUT2D eigenvalue weighted by Gasteiger charge is -2.33. The highest BCUT2D eigenvalue weighted by atomic mass is 32.1. The molecule has 0 spiro atoms. The lowest BCUT2D eigenvalue weighted by molar-refractivity contribution is 0.0622. The predicted molar refractivity (Wildman–Crippen MR) is 123 cm³/mol. The molecule has 32 heavy (non-hydrogen) atoms. The molecule has 1 saturated heterocycles. The SMILES string of the molecule is COc1ccc(-n2nnc(C(=O)N3CCN(Cc4nc5ccccc5s4)CC3)c2C)cc1. The van der Waals surface area contributed by atoms with E-state index in [2.05, 4.69) is 21.3 Å². The minimum absolute atomic E-state index is 0.0677. The maximum Gasteiger partial charge on any atom is 0.276 e. The van der Waals surface area contributed by atoms with Gasteiger partial charge < -0.3 is 9.64 Å². The Bertz CT molecular complexity index is 1210. The number of para-hydroxylation sites is 1. The summed E-state index contributed by atoms with van der Waals surface area (Å²) < 4.78 is 8.11. The van der Waals surface area contributed by atoms with Crippen molar-refractivity contribution in [2.75, 3.05) is 33.3 Å². The number of amides is 1. The smallest absolute Gasteiger partial charge is 0.276 e. The fourth-order valence-electron chi connectivity index (χ4n) is 3.93. The zero-order valence-electron chi connectivity index (χ0n) is 18.1. The number of rotatable bonds is 5. The number of benzene rings is 2. The van der Waals surface area contributed by atoms with Crippen molar-refractivity contribution in [2.24, 2.45) is 0 Å². The molecular formula is C23H24N6O2S. The van der Waals surface area contributed by atoms with Crippen LogP contribution in [0.2, 0.25) is 0 Å². The molecule has 164 valence electrons. The molecule has 8 nitrogen and oxygen atoms in total. The lowest BCUT2D eigenvalue weighted by Crippen LogP contribution is -2.48. The minimum Gasteiger partial charge on any atom is -0.497 e. The van der Waals surface area contributed by atoms with Crippen molar-refractivity contribution >= 4 is 27.5 Å². The van der Waals surface area contributed by atoms with E-state index < -0.39 is 0 Å². The molecule has 1 aliphatic heterocycles. The topological polar surface area (TPSA) is 76.4 Å². The Morgan fingerprint density at radius 1 is 1.06 bits per heavy atom. The highest BCUT2D eigenvalue weighted by molar-refractivity contribution is 7.18. The van der Waals surface area contributed by atoms with Crippen LogP contribution in [0.1, 0.15) is 21.2 Å². The first-order chi connectivity index (χ1) is 15.6. The Labute approximate surface area is 190 Å². The molecule has 3 heterocycles. The van der Waals surface area contributed by atoms with E-state index >= 15 is 0 Å². The van der Waals surface area contributed by atoms with E-state index in [9.17, 15) is 4.79 Å². The average molecular weight is 449 g/mol. The number of ether oxygens (including phenoxy) is 1. The third-order valence-corrected chi connectivity index (χ3v) is 6.79. The number of hydrogen-bond acceptors (Lipinski definition) is 7. The summed E-state index contributed by atoms with van der Waals surface area (Å²) >= 11 is 1.74. The van der Waals surface area contributed by atoms with Gasteiger partial charge in [-0.05, 0) is 43.3 Å². The first kappa shape index (κ1) is 20.6. The van der Waals surface area contributed by atoms with Gasteiger partial charge in [-0.25, -0.2) is 9.67 Å². The van der Waals surface area contributed by atoms with Crippen LogP contribution in [-0.4, -0.2) is 69.0 Å². The maximum atomic E-state index is 13.1. The van der Waals surface area contributed by atoms with Crippen molar-refractivity contribution < 1.29 is 9.53 Å². The van der Waals surface area contributed by atoms with Crippen molar-refractivity contribution in [2.45, 2.75) is 13.5 Å². The number of fused-ring (bicyclic) bond motifs is 1. The number of carbonyl (C=O) groups excluding carboxylic acids is 1. The molecule has 0 bridgehead atoms. The Morgan fingerprint density at radius 3 is 2.53 bits per heavy atom. The van der Waals surface area contributed by atoms with Crippen LogP contribution in [0.3, 0.4) is 0 Å². The van der Waals surface area contributed by atoms with Crippen LogP contribution in [0.5, 0.6) is 5.75 Å². The quantitative estimate of drug-likeness (QED) is 0.467. The van der Waals surface area contributed by atoms with Gasteiger partial charge in [0, 0.05) is 26.2 Å². The second kappa shape index (κ2) is 8.68. The van der Waals surface area contributed by atoms with Gasteiger partial charge in [0.05, 0.1) is 35.3 Å². The number of thiazole rings is 1. The third-order valence-electron chi connectivity index (χ3n) is 5.77. The third kappa shape index (κ3) is 3.96. The molecule has 0 N–H and O–H groups in total. The van der Waals surface area contributed by atoms with Gasteiger partial charge in [0.15, 0.2) is 5.69 Å². The Balaban J connectivity index is 1.23. The summed E-state index contributed by atoms with van der Waals surface area (Å²) in [6, 6.07) is 15.7. The normalized spacial score (nSPS) is 14.8. The summed E-state index contributed by atoms with van der Waals surface area (Å²) in [5.41, 5.74) is 3.03. The monoisotopic (exact) mass is 448 g/mol. The van der Waals surface area contributed by atoms with Crippen molar-refractivity contribution in [3.05, 3.63) is 64.9 Å². The Morgan fingerprint density at radius 2 is 1.81 bits per heavy atom. The van der Waals surface area contributed by atoms with E-state index in [4.69, 9.17) is 9.72 Å². The van der Waals surface area contributed by atoms with Gasteiger partial charge in [-0.1, -0.05) is 17.3 Å². The van der Waals surface area contributed by atoms with Crippen molar-refractivity contribution in [3.8, 4) is 11.4 Å². The molecule has 1 amide bonds. The number of carbonyl (C=O) groups is 1. The van der Waals surface area contributed by atoms with Gasteiger partial charge in [0.2, 0.25) is 0 Å². The fraction of sp³-hybridized carbons (Fsp3) is 0.304. The number of nitrogens with zero attached hydrogens (tertiary/aromatic N) is 6. The van der Waals surface area contributed by atoms with Crippen molar-refractivity contribution in [3.63, 3.8) is 0 Å². The summed E-state index contributed by atoms with van der Waals surface area (Å²) in [7, 11) is 1.63. The molecule has 0 atom stereocenters. The summed E-state index contributed by atoms with van der Waals surface area (Å²) in [5, 5.41) is 9.51. The molecule has 2 aromatic carbocycles. The minimum atomic E-state index is -0.0677. The predicted octanol–water partition coefficient (Wildman–Crippen LogP) is 3.15. The first-order valence-corrected chi connectivity index (χ1v) is 11.4. The van der Waals surface area contributed by atoms with E-state index in [-0.39, 0.29) is 5.91 Å². The standard InChI is InChI=1S/C23H24N6O2S/c1-16-22(25-26-29(16)17-7-9-18(31-2)10-8-17)23(30)28-13-11-27(12-14-28)15-21-24-19-5-3-4-6-20(19)32-21/h3-10H,11-15H2,1-2H3. The molecular weight excluding hydrogens is 424 g/mol. The fourth-order valence-corrected chi connectivity index (χ4v) is 4.94. The van der Waals surface area contributed by atoms with Gasteiger partial charge in [-0.15, -0.1) is 16.4 Å². The van der Waals surface area contributed by atoms with Gasteiger partial charge in [-0.2, -0.15) is 0 Å². The summed E-state index contributed by atoms with van der Waals surface area (Å²) in [6.07, 6.45) is 0. The van der Waals surface area contributed by atoms with Gasteiger partial charge in [-0.3, -0.25) is 9.69 Å². The van der Waals surface area contributed by atoms with Crippen LogP contribution >= 0.6 is 11.3 Å². The van der Waals surface area contributed by atoms with Crippen LogP contribution < -0.4 is 4.74 Å². The van der Waals surface area contributed by atoms with Crippen LogP contribution in [-0.2, 0) is 6.54 Å². The zero-order valence-corrected chi connectivity index (χ0v) is 18.9. The van der Waals surface area contributed by atoms with E-state index in [0.717, 1.165) is 47.3 Å². The van der Waals surface area contributed by atoms with E-state index in [1.54, 1.807) is 23.1 Å². The largest absolute Gasteiger partial charge is 0.497 e. The molecule has 4 aromatic rings. The molecule has 0 saturated carbocycles. The summed E-state index contributed by atoms with van der Waals surface area (Å²) in [6.45, 7) is 5.65. The highest BCUT2D eigenvalue weighted by Crippen LogP contribution is 2.23. The molecule has 0 unspecified atom stereocenters. The number of hydrogen-bond donors (Lipinski definition) is 0. The Kier molecular flexibility index (Phi) is 5.59. The highest BCUT2D eigenvalue weighted by Gasteiger charge is 2.27. The van der Waals surface area contributed by atoms with E-state index in [0.29, 0.717) is 18.8 Å². The molecule has 5 rings (SSSR count). The number of methoxy groups -OCH3 is 1. The second-order valence-corrected chi connectivity index (χ2v) is 8.89. The first-order valence-electron chi connectivity index (χ1n) is 10.5. The van der Waals surface area contributed by atoms with Gasteiger partial charge in [0.25, 0.3) is 5.91 Å². The van der Waals surface area contributed by atoms with Gasteiger partial charge in [0.1, 0.15) is 10.8 Å². The van der Waals surface area contributed by atoms with Crippen LogP contribution in [0, 0.1) is 6.92 Å². The van der Waals surface area contributed by atoms with Gasteiger partial charge >= 0.3 is 0 Å². The van der Waals surface area contributed by atoms with Crippen LogP contribution in [0.4, 0.5) is 0 Å². The maximum absolute atomic E-state index is 13.1. The zero-order chi connectivity index (χ0) is 22.1. The van der Waals surface area contributed by atoms with Crippen molar-refractivity contribution in [1.82, 2.24) is 29.8 Å². The molecule has 2 aromatic heterocycles. The second-order valence-electron chi connectivity index (χ2n) is 7.78. The van der Waals surface area contributed by atoms with E-state index in [1.807, 2.05) is 54.3 Å². The molecule has 0 radical (unpaired) electrons. The molecule has 9 heteroatoms. The molecule has 1 fully saturated rings.